The summed E-state index contributed by atoms with van der Waals surface area (Å²) in [6, 6.07) is 7.57. The molecule has 1 amide bonds. The molecule has 1 saturated heterocycles. The summed E-state index contributed by atoms with van der Waals surface area (Å²) < 4.78 is 12.3. The fourth-order valence-electron chi connectivity index (χ4n) is 3.04. The zero-order valence-corrected chi connectivity index (χ0v) is 16.4. The van der Waals surface area contributed by atoms with Crippen LogP contribution in [0.1, 0.15) is 17.2 Å². The number of benzene rings is 1. The lowest BCUT2D eigenvalue weighted by Gasteiger charge is -2.34. The molecule has 150 valence electrons. The molecular formula is C19H26N6O3. The third kappa shape index (κ3) is 5.01. The molecule has 2 heterocycles. The number of aryl methyl sites for hydroxylation is 1. The molecule has 3 rings (SSSR count). The number of hydrogen-bond acceptors (Lipinski definition) is 5. The van der Waals surface area contributed by atoms with E-state index in [-0.39, 0.29) is 6.10 Å². The quantitative estimate of drug-likeness (QED) is 0.614. The number of amides is 1. The lowest BCUT2D eigenvalue weighted by atomic mass is 10.1. The van der Waals surface area contributed by atoms with E-state index in [1.54, 1.807) is 11.7 Å². The van der Waals surface area contributed by atoms with Crippen molar-refractivity contribution in [3.05, 3.63) is 47.8 Å². The third-order valence-corrected chi connectivity index (χ3v) is 4.51. The Kier molecular flexibility index (Phi) is 6.49. The number of morpholine rings is 1. The molecule has 1 aliphatic heterocycles. The molecule has 28 heavy (non-hydrogen) atoms. The van der Waals surface area contributed by atoms with Crippen LogP contribution in [0.4, 0.5) is 10.5 Å². The number of nitrogens with one attached hydrogen (secondary N) is 2. The molecule has 0 radical (unpaired) electrons. The first kappa shape index (κ1) is 19.7. The van der Waals surface area contributed by atoms with Crippen LogP contribution in [0.25, 0.3) is 0 Å². The molecule has 1 aliphatic rings. The van der Waals surface area contributed by atoms with Crippen molar-refractivity contribution in [2.24, 2.45) is 12.0 Å². The van der Waals surface area contributed by atoms with Gasteiger partial charge >= 0.3 is 6.09 Å². The van der Waals surface area contributed by atoms with Crippen molar-refractivity contribution in [2.75, 3.05) is 39.2 Å². The minimum absolute atomic E-state index is 0.0234. The van der Waals surface area contributed by atoms with Gasteiger partial charge in [0.2, 0.25) is 0 Å². The molecular weight excluding hydrogens is 360 g/mol. The summed E-state index contributed by atoms with van der Waals surface area (Å²) in [6.45, 7) is 2.75. The number of nitrogens with zero attached hydrogens (tertiary/aromatic N) is 4. The van der Waals surface area contributed by atoms with Gasteiger partial charge in [-0.1, -0.05) is 12.1 Å². The highest BCUT2D eigenvalue weighted by atomic mass is 16.5. The van der Waals surface area contributed by atoms with Crippen LogP contribution in [0.2, 0.25) is 0 Å². The first-order chi connectivity index (χ1) is 13.6. The molecule has 9 heteroatoms. The Morgan fingerprint density at radius 3 is 2.82 bits per heavy atom. The molecule has 2 N–H and O–H groups in total. The number of carbonyl (C=O) groups excluding carboxylic acids is 1. The summed E-state index contributed by atoms with van der Waals surface area (Å²) in [4.78, 5) is 17.8. The van der Waals surface area contributed by atoms with Crippen molar-refractivity contribution in [2.45, 2.75) is 12.6 Å². The van der Waals surface area contributed by atoms with Gasteiger partial charge in [-0.05, 0) is 17.7 Å². The monoisotopic (exact) mass is 386 g/mol. The van der Waals surface area contributed by atoms with E-state index in [4.69, 9.17) is 4.74 Å². The Morgan fingerprint density at radius 2 is 2.18 bits per heavy atom. The second kappa shape index (κ2) is 9.23. The molecule has 1 unspecified atom stereocenters. The van der Waals surface area contributed by atoms with Gasteiger partial charge in [-0.3, -0.25) is 15.0 Å². The van der Waals surface area contributed by atoms with Crippen LogP contribution in [-0.4, -0.2) is 60.6 Å². The number of guanidine groups is 1. The van der Waals surface area contributed by atoms with Crippen LogP contribution in [0.3, 0.4) is 0 Å². The predicted octanol–water partition coefficient (Wildman–Crippen LogP) is 1.75. The van der Waals surface area contributed by atoms with Gasteiger partial charge in [-0.15, -0.1) is 0 Å². The number of hydrogen-bond donors (Lipinski definition) is 2. The molecule has 0 spiro atoms. The van der Waals surface area contributed by atoms with Crippen molar-refractivity contribution < 1.29 is 14.3 Å². The zero-order valence-electron chi connectivity index (χ0n) is 16.4. The molecule has 0 aliphatic carbocycles. The molecule has 0 bridgehead atoms. The zero-order chi connectivity index (χ0) is 19.9. The summed E-state index contributed by atoms with van der Waals surface area (Å²) >= 11 is 0. The first-order valence-corrected chi connectivity index (χ1v) is 9.08. The van der Waals surface area contributed by atoms with Gasteiger partial charge in [0, 0.05) is 44.6 Å². The fourth-order valence-corrected chi connectivity index (χ4v) is 3.04. The highest BCUT2D eigenvalue weighted by Crippen LogP contribution is 2.21. The summed E-state index contributed by atoms with van der Waals surface area (Å²) in [7, 11) is 5.01. The first-order valence-electron chi connectivity index (χ1n) is 9.08. The van der Waals surface area contributed by atoms with E-state index >= 15 is 0 Å². The van der Waals surface area contributed by atoms with Crippen LogP contribution >= 0.6 is 0 Å². The Labute approximate surface area is 164 Å². The van der Waals surface area contributed by atoms with Gasteiger partial charge in [-0.25, -0.2) is 4.79 Å². The molecule has 2 aromatic rings. The van der Waals surface area contributed by atoms with E-state index in [0.717, 1.165) is 23.6 Å². The number of aromatic nitrogens is 2. The van der Waals surface area contributed by atoms with E-state index in [2.05, 4.69) is 30.4 Å². The molecule has 1 atom stereocenters. The van der Waals surface area contributed by atoms with Gasteiger partial charge in [0.1, 0.15) is 6.10 Å². The lowest BCUT2D eigenvalue weighted by Crippen LogP contribution is -2.47. The maximum absolute atomic E-state index is 11.2. The Bertz CT molecular complexity index is 817. The van der Waals surface area contributed by atoms with Crippen LogP contribution in [0.5, 0.6) is 0 Å². The summed E-state index contributed by atoms with van der Waals surface area (Å²) in [5, 5.41) is 10.3. The molecule has 1 fully saturated rings. The van der Waals surface area contributed by atoms with Crippen LogP contribution in [-0.2, 0) is 23.1 Å². The molecule has 9 nitrogen and oxygen atoms in total. The highest BCUT2D eigenvalue weighted by Gasteiger charge is 2.25. The largest absolute Gasteiger partial charge is 0.453 e. The second-order valence-electron chi connectivity index (χ2n) is 6.47. The Balaban J connectivity index is 1.56. The number of carbonyl (C=O) groups is 1. The van der Waals surface area contributed by atoms with Crippen molar-refractivity contribution in [1.82, 2.24) is 20.0 Å². The van der Waals surface area contributed by atoms with Crippen LogP contribution < -0.4 is 10.6 Å². The highest BCUT2D eigenvalue weighted by molar-refractivity contribution is 5.84. The predicted molar refractivity (Wildman–Crippen MR) is 106 cm³/mol. The number of aliphatic imine (C=N–C) groups is 1. The summed E-state index contributed by atoms with van der Waals surface area (Å²) in [5.74, 6) is 0.828. The van der Waals surface area contributed by atoms with E-state index < -0.39 is 6.09 Å². The number of rotatable bonds is 4. The van der Waals surface area contributed by atoms with Crippen LogP contribution in [0, 0.1) is 0 Å². The number of anilines is 1. The minimum atomic E-state index is -0.484. The van der Waals surface area contributed by atoms with E-state index in [1.165, 1.54) is 7.11 Å². The Morgan fingerprint density at radius 1 is 1.39 bits per heavy atom. The van der Waals surface area contributed by atoms with Gasteiger partial charge in [0.15, 0.2) is 5.96 Å². The fraction of sp³-hybridized carbons (Fsp3) is 0.421. The van der Waals surface area contributed by atoms with Crippen molar-refractivity contribution in [3.63, 3.8) is 0 Å². The van der Waals surface area contributed by atoms with E-state index in [1.807, 2.05) is 43.7 Å². The van der Waals surface area contributed by atoms with Crippen molar-refractivity contribution in [3.8, 4) is 0 Å². The molecule has 1 aromatic carbocycles. The lowest BCUT2D eigenvalue weighted by molar-refractivity contribution is -0.00805. The van der Waals surface area contributed by atoms with Crippen LogP contribution in [0.15, 0.2) is 41.7 Å². The topological polar surface area (TPSA) is 93.0 Å². The summed E-state index contributed by atoms with van der Waals surface area (Å²) in [6.07, 6.45) is 3.31. The number of methoxy groups -OCH3 is 1. The maximum Gasteiger partial charge on any atom is 0.411 e. The minimum Gasteiger partial charge on any atom is -0.453 e. The van der Waals surface area contributed by atoms with Gasteiger partial charge in [-0.2, -0.15) is 5.10 Å². The molecule has 1 aromatic heterocycles. The van der Waals surface area contributed by atoms with E-state index in [9.17, 15) is 4.79 Å². The van der Waals surface area contributed by atoms with Crippen molar-refractivity contribution in [1.29, 1.82) is 0 Å². The van der Waals surface area contributed by atoms with Gasteiger partial charge in [0.05, 0.1) is 26.5 Å². The normalized spacial score (nSPS) is 17.3. The standard InChI is InChI=1S/C19H26N6O3/c1-20-18(21-10-14-4-6-16(7-5-14)23-19(26)27-3)25-8-9-28-17(13-25)15-11-22-24(2)12-15/h4-7,11-12,17H,8-10,13H2,1-3H3,(H,20,21)(H,23,26). The summed E-state index contributed by atoms with van der Waals surface area (Å²) in [5.41, 5.74) is 2.83. The smallest absolute Gasteiger partial charge is 0.411 e. The SMILES string of the molecule is CN=C(NCc1ccc(NC(=O)OC)cc1)N1CCOC(c2cnn(C)c2)C1. The number of ether oxygens (including phenoxy) is 2. The average molecular weight is 386 g/mol. The average Bonchev–Trinajstić information content (AvgIpc) is 3.16. The second-order valence-corrected chi connectivity index (χ2v) is 6.47. The van der Waals surface area contributed by atoms with Gasteiger partial charge < -0.3 is 19.7 Å². The van der Waals surface area contributed by atoms with Gasteiger partial charge in [0.25, 0.3) is 0 Å². The van der Waals surface area contributed by atoms with Crippen molar-refractivity contribution >= 4 is 17.7 Å². The maximum atomic E-state index is 11.2. The molecule has 0 saturated carbocycles. The van der Waals surface area contributed by atoms with E-state index in [0.29, 0.717) is 25.4 Å². The Hall–Kier alpha value is -3.07. The third-order valence-electron chi connectivity index (χ3n) is 4.51.